The van der Waals surface area contributed by atoms with E-state index in [4.69, 9.17) is 16.3 Å². The molecule has 0 unspecified atom stereocenters. The van der Waals surface area contributed by atoms with Crippen molar-refractivity contribution in [1.82, 2.24) is 10.2 Å². The molecule has 108 valence electrons. The smallest absolute Gasteiger partial charge is 0.258 e. The minimum absolute atomic E-state index is 0.168. The Kier molecular flexibility index (Phi) is 3.90. The third-order valence-electron chi connectivity index (χ3n) is 3.49. The van der Waals surface area contributed by atoms with Gasteiger partial charge >= 0.3 is 0 Å². The summed E-state index contributed by atoms with van der Waals surface area (Å²) >= 11 is 5.95. The molecule has 2 amide bonds. The van der Waals surface area contributed by atoms with E-state index >= 15 is 0 Å². The monoisotopic (exact) mass is 296 g/mol. The summed E-state index contributed by atoms with van der Waals surface area (Å²) in [5.74, 6) is 0.0171. The Morgan fingerprint density at radius 3 is 2.80 bits per heavy atom. The van der Waals surface area contributed by atoms with E-state index in [1.54, 1.807) is 36.9 Å². The Bertz CT molecular complexity index is 557. The lowest BCUT2D eigenvalue weighted by Crippen LogP contribution is -2.63. The lowest BCUT2D eigenvalue weighted by molar-refractivity contribution is -0.133. The Balaban J connectivity index is 2.40. The fraction of sp³-hybridized carbons (Fsp3) is 0.429. The number of benzene rings is 1. The number of amides is 2. The Labute approximate surface area is 122 Å². The van der Waals surface area contributed by atoms with Crippen LogP contribution in [0.2, 0.25) is 5.02 Å². The van der Waals surface area contributed by atoms with Crippen LogP contribution in [-0.4, -0.2) is 42.5 Å². The molecule has 0 aromatic heterocycles. The van der Waals surface area contributed by atoms with Crippen LogP contribution >= 0.6 is 11.6 Å². The van der Waals surface area contributed by atoms with Crippen LogP contribution in [0.15, 0.2) is 18.2 Å². The molecular formula is C14H17ClN2O3. The van der Waals surface area contributed by atoms with E-state index in [1.807, 2.05) is 0 Å². The summed E-state index contributed by atoms with van der Waals surface area (Å²) in [6.07, 6.45) is 0. The van der Waals surface area contributed by atoms with Crippen molar-refractivity contribution in [3.8, 4) is 5.75 Å². The van der Waals surface area contributed by atoms with Crippen molar-refractivity contribution in [3.05, 3.63) is 28.8 Å². The van der Waals surface area contributed by atoms with Crippen molar-refractivity contribution in [2.24, 2.45) is 0 Å². The quantitative estimate of drug-likeness (QED) is 0.904. The van der Waals surface area contributed by atoms with Gasteiger partial charge in [0.15, 0.2) is 0 Å². The second kappa shape index (κ2) is 5.32. The highest BCUT2D eigenvalue weighted by atomic mass is 35.5. The molecule has 0 aliphatic carbocycles. The van der Waals surface area contributed by atoms with E-state index in [1.165, 1.54) is 7.11 Å². The van der Waals surface area contributed by atoms with Gasteiger partial charge in [-0.3, -0.25) is 9.59 Å². The zero-order valence-corrected chi connectivity index (χ0v) is 12.5. The van der Waals surface area contributed by atoms with Gasteiger partial charge < -0.3 is 15.0 Å². The second-order valence-electron chi connectivity index (χ2n) is 5.12. The zero-order chi connectivity index (χ0) is 14.9. The van der Waals surface area contributed by atoms with Crippen LogP contribution < -0.4 is 10.1 Å². The average molecular weight is 297 g/mol. The van der Waals surface area contributed by atoms with Gasteiger partial charge in [-0.15, -0.1) is 0 Å². The molecule has 0 atom stereocenters. The molecule has 5 nitrogen and oxygen atoms in total. The molecule has 1 aliphatic heterocycles. The Morgan fingerprint density at radius 2 is 2.15 bits per heavy atom. The maximum Gasteiger partial charge on any atom is 0.258 e. The fourth-order valence-corrected chi connectivity index (χ4v) is 2.42. The number of piperazine rings is 1. The van der Waals surface area contributed by atoms with Gasteiger partial charge in [0.05, 0.1) is 12.7 Å². The number of hydrogen-bond donors (Lipinski definition) is 1. The van der Waals surface area contributed by atoms with Crippen molar-refractivity contribution in [3.63, 3.8) is 0 Å². The molecule has 1 aromatic rings. The standard InChI is InChI=1S/C14H17ClN2O3/c1-14(2)13(19)16-6-7-17(14)12(18)10-8-9(15)4-5-11(10)20-3/h4-5,8H,6-7H2,1-3H3,(H,16,19). The molecule has 0 radical (unpaired) electrons. The van der Waals surface area contributed by atoms with Crippen molar-refractivity contribution in [2.75, 3.05) is 20.2 Å². The molecule has 2 rings (SSSR count). The summed E-state index contributed by atoms with van der Waals surface area (Å²) < 4.78 is 5.20. The molecule has 0 spiro atoms. The normalized spacial score (nSPS) is 17.6. The maximum atomic E-state index is 12.7. The van der Waals surface area contributed by atoms with Crippen molar-refractivity contribution < 1.29 is 14.3 Å². The van der Waals surface area contributed by atoms with Crippen LogP contribution in [0.3, 0.4) is 0 Å². The van der Waals surface area contributed by atoms with Crippen LogP contribution in [0.1, 0.15) is 24.2 Å². The Morgan fingerprint density at radius 1 is 1.45 bits per heavy atom. The van der Waals surface area contributed by atoms with E-state index in [0.29, 0.717) is 29.4 Å². The summed E-state index contributed by atoms with van der Waals surface area (Å²) in [7, 11) is 1.49. The van der Waals surface area contributed by atoms with E-state index in [-0.39, 0.29) is 11.8 Å². The lowest BCUT2D eigenvalue weighted by Gasteiger charge is -2.41. The third-order valence-corrected chi connectivity index (χ3v) is 3.72. The predicted octanol–water partition coefficient (Wildman–Crippen LogP) is 1.70. The first-order chi connectivity index (χ1) is 9.37. The molecule has 1 saturated heterocycles. The van der Waals surface area contributed by atoms with Crippen molar-refractivity contribution in [1.29, 1.82) is 0 Å². The maximum absolute atomic E-state index is 12.7. The van der Waals surface area contributed by atoms with E-state index < -0.39 is 5.54 Å². The molecule has 1 aromatic carbocycles. The zero-order valence-electron chi connectivity index (χ0n) is 11.7. The number of methoxy groups -OCH3 is 1. The second-order valence-corrected chi connectivity index (χ2v) is 5.55. The largest absolute Gasteiger partial charge is 0.496 e. The van der Waals surface area contributed by atoms with Gasteiger partial charge in [-0.1, -0.05) is 11.6 Å². The van der Waals surface area contributed by atoms with Crippen molar-refractivity contribution in [2.45, 2.75) is 19.4 Å². The highest BCUT2D eigenvalue weighted by Gasteiger charge is 2.41. The fourth-order valence-electron chi connectivity index (χ4n) is 2.25. The molecule has 6 heteroatoms. The van der Waals surface area contributed by atoms with E-state index in [9.17, 15) is 9.59 Å². The van der Waals surface area contributed by atoms with Gasteiger partial charge in [-0.05, 0) is 32.0 Å². The predicted molar refractivity (Wildman–Crippen MR) is 76.1 cm³/mol. The number of ether oxygens (including phenoxy) is 1. The summed E-state index contributed by atoms with van der Waals surface area (Å²) in [5, 5.41) is 3.21. The van der Waals surface area contributed by atoms with Gasteiger partial charge in [0.1, 0.15) is 11.3 Å². The number of nitrogens with zero attached hydrogens (tertiary/aromatic N) is 1. The molecule has 0 saturated carbocycles. The van der Waals surface area contributed by atoms with Gasteiger partial charge in [-0.25, -0.2) is 0 Å². The van der Waals surface area contributed by atoms with Crippen LogP contribution in [-0.2, 0) is 4.79 Å². The van der Waals surface area contributed by atoms with Crippen LogP contribution in [0.5, 0.6) is 5.75 Å². The highest BCUT2D eigenvalue weighted by molar-refractivity contribution is 6.31. The highest BCUT2D eigenvalue weighted by Crippen LogP contribution is 2.27. The molecule has 1 fully saturated rings. The molecule has 0 bridgehead atoms. The van der Waals surface area contributed by atoms with Gasteiger partial charge in [0, 0.05) is 18.1 Å². The summed E-state index contributed by atoms with van der Waals surface area (Å²) in [6, 6.07) is 4.86. The van der Waals surface area contributed by atoms with Crippen LogP contribution in [0.4, 0.5) is 0 Å². The number of hydrogen-bond acceptors (Lipinski definition) is 3. The van der Waals surface area contributed by atoms with Crippen LogP contribution in [0, 0.1) is 0 Å². The molecule has 1 heterocycles. The number of carbonyl (C=O) groups excluding carboxylic acids is 2. The minimum atomic E-state index is -0.900. The van der Waals surface area contributed by atoms with E-state index in [2.05, 4.69) is 5.32 Å². The average Bonchev–Trinajstić information content (AvgIpc) is 2.41. The first-order valence-corrected chi connectivity index (χ1v) is 6.69. The SMILES string of the molecule is COc1ccc(Cl)cc1C(=O)N1CCNC(=O)C1(C)C. The van der Waals surface area contributed by atoms with Gasteiger partial charge in [0.25, 0.3) is 5.91 Å². The molecule has 1 N–H and O–H groups in total. The minimum Gasteiger partial charge on any atom is -0.496 e. The topological polar surface area (TPSA) is 58.6 Å². The van der Waals surface area contributed by atoms with Gasteiger partial charge in [-0.2, -0.15) is 0 Å². The van der Waals surface area contributed by atoms with Crippen LogP contribution in [0.25, 0.3) is 0 Å². The first kappa shape index (κ1) is 14.7. The number of rotatable bonds is 2. The Hall–Kier alpha value is -1.75. The third kappa shape index (κ3) is 2.45. The summed E-state index contributed by atoms with van der Waals surface area (Å²) in [6.45, 7) is 4.33. The van der Waals surface area contributed by atoms with E-state index in [0.717, 1.165) is 0 Å². The lowest BCUT2D eigenvalue weighted by atomic mass is 9.97. The summed E-state index contributed by atoms with van der Waals surface area (Å²) in [4.78, 5) is 26.2. The van der Waals surface area contributed by atoms with Gasteiger partial charge in [0.2, 0.25) is 5.91 Å². The summed E-state index contributed by atoms with van der Waals surface area (Å²) in [5.41, 5.74) is -0.536. The number of nitrogens with one attached hydrogen (secondary N) is 1. The van der Waals surface area contributed by atoms with Crippen molar-refractivity contribution >= 4 is 23.4 Å². The molecule has 1 aliphatic rings. The molecule has 20 heavy (non-hydrogen) atoms. The first-order valence-electron chi connectivity index (χ1n) is 6.31. The molecular weight excluding hydrogens is 280 g/mol. The number of carbonyl (C=O) groups is 2. The number of halogens is 1.